The molecular formula is C28H28N2O5. The molecule has 1 N–H and O–H groups in total. The van der Waals surface area contributed by atoms with E-state index in [2.05, 4.69) is 24.3 Å². The molecule has 2 saturated heterocycles. The summed E-state index contributed by atoms with van der Waals surface area (Å²) in [5.41, 5.74) is 4.59. The van der Waals surface area contributed by atoms with Crippen LogP contribution in [0.1, 0.15) is 42.7 Å². The largest absolute Gasteiger partial charge is 0.480 e. The van der Waals surface area contributed by atoms with Crippen molar-refractivity contribution in [1.29, 1.82) is 0 Å². The van der Waals surface area contributed by atoms with Gasteiger partial charge in [0.2, 0.25) is 5.91 Å². The van der Waals surface area contributed by atoms with Gasteiger partial charge >= 0.3 is 12.1 Å². The van der Waals surface area contributed by atoms with Gasteiger partial charge in [0.25, 0.3) is 0 Å². The normalized spacial score (nSPS) is 27.0. The molecule has 1 aliphatic carbocycles. The summed E-state index contributed by atoms with van der Waals surface area (Å²) >= 11 is 0. The third kappa shape index (κ3) is 3.52. The van der Waals surface area contributed by atoms with Gasteiger partial charge in [-0.05, 0) is 47.9 Å². The van der Waals surface area contributed by atoms with Gasteiger partial charge in [-0.1, -0.05) is 60.7 Å². The zero-order chi connectivity index (χ0) is 24.1. The standard InChI is InChI=1S/C28H28N2O5/c31-26-25-17(11-12-18-13-14-24(27(32)33)30(18)26)6-5-15-29(25)28(34)35-16-23-21-9-3-1-7-19(21)20-8-2-4-10-22(20)23/h1-4,7-12,17-18,23-25H,5-6,13-16H2,(H,32,33)/t17-,18+,24+,25+/m1/s1. The van der Waals surface area contributed by atoms with Crippen LogP contribution in [0.25, 0.3) is 11.1 Å². The van der Waals surface area contributed by atoms with Crippen molar-refractivity contribution in [2.45, 2.75) is 49.7 Å². The molecule has 0 aromatic heterocycles. The summed E-state index contributed by atoms with van der Waals surface area (Å²) in [6, 6.07) is 14.6. The van der Waals surface area contributed by atoms with E-state index in [1.165, 1.54) is 9.80 Å². The number of ether oxygens (including phenoxy) is 1. The fourth-order valence-corrected chi connectivity index (χ4v) is 6.44. The van der Waals surface area contributed by atoms with Crippen molar-refractivity contribution in [2.75, 3.05) is 13.2 Å². The Kier molecular flexibility index (Phi) is 5.35. The summed E-state index contributed by atoms with van der Waals surface area (Å²) in [6.45, 7) is 0.614. The van der Waals surface area contributed by atoms with Gasteiger partial charge in [-0.2, -0.15) is 0 Å². The molecule has 3 heterocycles. The summed E-state index contributed by atoms with van der Waals surface area (Å²) < 4.78 is 5.88. The number of carboxylic acid groups (broad SMARTS) is 1. The number of fused-ring (bicyclic) bond motifs is 5. The first-order chi connectivity index (χ1) is 17.0. The molecule has 2 aromatic carbocycles. The Morgan fingerprint density at radius 2 is 1.63 bits per heavy atom. The number of likely N-dealkylation sites (tertiary alicyclic amines) is 1. The SMILES string of the molecule is O=C(O)[C@@H]1CC[C@@H]2C=C[C@H]3CCCN(C(=O)OCC4c5ccccc5-c5ccccc54)[C@@H]3C(=O)N21. The molecular weight excluding hydrogens is 444 g/mol. The molecule has 0 saturated carbocycles. The molecule has 0 unspecified atom stereocenters. The number of hydrogen-bond acceptors (Lipinski definition) is 4. The Hall–Kier alpha value is -3.61. The smallest absolute Gasteiger partial charge is 0.410 e. The lowest BCUT2D eigenvalue weighted by atomic mass is 9.88. The number of amides is 2. The number of carbonyl (C=O) groups excluding carboxylic acids is 2. The predicted molar refractivity (Wildman–Crippen MR) is 129 cm³/mol. The van der Waals surface area contributed by atoms with E-state index in [4.69, 9.17) is 4.74 Å². The Bertz CT molecular complexity index is 1180. The van der Waals surface area contributed by atoms with Crippen molar-refractivity contribution >= 4 is 18.0 Å². The fourth-order valence-electron chi connectivity index (χ4n) is 6.44. The van der Waals surface area contributed by atoms with Crippen molar-refractivity contribution in [3.05, 3.63) is 71.8 Å². The van der Waals surface area contributed by atoms with Crippen LogP contribution in [0, 0.1) is 5.92 Å². The van der Waals surface area contributed by atoms with E-state index < -0.39 is 24.1 Å². The van der Waals surface area contributed by atoms with Gasteiger partial charge < -0.3 is 14.7 Å². The minimum atomic E-state index is -0.990. The van der Waals surface area contributed by atoms with Crippen LogP contribution in [0.15, 0.2) is 60.7 Å². The number of hydrogen-bond donors (Lipinski definition) is 1. The Labute approximate surface area is 204 Å². The zero-order valence-corrected chi connectivity index (χ0v) is 19.4. The molecule has 4 aliphatic rings. The third-order valence-corrected chi connectivity index (χ3v) is 8.05. The van der Waals surface area contributed by atoms with Crippen molar-refractivity contribution in [2.24, 2.45) is 5.92 Å². The fraction of sp³-hybridized carbons (Fsp3) is 0.393. The van der Waals surface area contributed by atoms with Crippen LogP contribution >= 0.6 is 0 Å². The molecule has 35 heavy (non-hydrogen) atoms. The van der Waals surface area contributed by atoms with E-state index in [1.54, 1.807) is 0 Å². The minimum absolute atomic E-state index is 0.0592. The second kappa shape index (κ2) is 8.56. The lowest BCUT2D eigenvalue weighted by molar-refractivity contribution is -0.152. The van der Waals surface area contributed by atoms with E-state index in [1.807, 2.05) is 36.4 Å². The topological polar surface area (TPSA) is 87.1 Å². The second-order valence-corrected chi connectivity index (χ2v) is 9.88. The van der Waals surface area contributed by atoms with Gasteiger partial charge in [0.1, 0.15) is 18.7 Å². The lowest BCUT2D eigenvalue weighted by Crippen LogP contribution is -2.58. The molecule has 6 rings (SSSR count). The first-order valence-corrected chi connectivity index (χ1v) is 12.4. The number of aliphatic carboxylic acids is 1. The van der Waals surface area contributed by atoms with Crippen molar-refractivity contribution < 1.29 is 24.2 Å². The molecule has 180 valence electrons. The highest BCUT2D eigenvalue weighted by molar-refractivity contribution is 5.91. The summed E-state index contributed by atoms with van der Waals surface area (Å²) in [4.78, 5) is 41.9. The highest BCUT2D eigenvalue weighted by atomic mass is 16.6. The summed E-state index contributed by atoms with van der Waals surface area (Å²) in [7, 11) is 0. The molecule has 2 fully saturated rings. The number of carbonyl (C=O) groups is 3. The van der Waals surface area contributed by atoms with Crippen LogP contribution in [-0.4, -0.2) is 64.2 Å². The highest BCUT2D eigenvalue weighted by Gasteiger charge is 2.49. The molecule has 3 aliphatic heterocycles. The van der Waals surface area contributed by atoms with Crippen molar-refractivity contribution in [3.8, 4) is 11.1 Å². The quantitative estimate of drug-likeness (QED) is 0.682. The van der Waals surface area contributed by atoms with E-state index >= 15 is 0 Å². The van der Waals surface area contributed by atoms with Gasteiger partial charge in [-0.15, -0.1) is 0 Å². The van der Waals surface area contributed by atoms with Gasteiger partial charge in [-0.3, -0.25) is 9.69 Å². The van der Waals surface area contributed by atoms with Gasteiger partial charge in [0.05, 0.1) is 6.04 Å². The maximum atomic E-state index is 13.7. The van der Waals surface area contributed by atoms with Gasteiger partial charge in [0, 0.05) is 18.4 Å². The molecule has 2 amide bonds. The summed E-state index contributed by atoms with van der Waals surface area (Å²) in [5.74, 6) is -1.45. The van der Waals surface area contributed by atoms with Crippen LogP contribution in [0.5, 0.6) is 0 Å². The first-order valence-electron chi connectivity index (χ1n) is 12.4. The third-order valence-electron chi connectivity index (χ3n) is 8.05. The number of piperidine rings is 1. The monoisotopic (exact) mass is 472 g/mol. The minimum Gasteiger partial charge on any atom is -0.480 e. The Balaban J connectivity index is 1.24. The Morgan fingerprint density at radius 1 is 0.943 bits per heavy atom. The molecule has 7 heteroatoms. The lowest BCUT2D eigenvalue weighted by Gasteiger charge is -2.40. The van der Waals surface area contributed by atoms with E-state index in [9.17, 15) is 19.5 Å². The van der Waals surface area contributed by atoms with Crippen LogP contribution in [0.4, 0.5) is 4.79 Å². The van der Waals surface area contributed by atoms with E-state index in [-0.39, 0.29) is 30.4 Å². The average Bonchev–Trinajstić information content (AvgIpc) is 3.41. The highest BCUT2D eigenvalue weighted by Crippen LogP contribution is 2.44. The van der Waals surface area contributed by atoms with Crippen LogP contribution in [0.3, 0.4) is 0 Å². The molecule has 4 atom stereocenters. The van der Waals surface area contributed by atoms with Crippen LogP contribution in [0.2, 0.25) is 0 Å². The zero-order valence-electron chi connectivity index (χ0n) is 19.4. The predicted octanol–water partition coefficient (Wildman–Crippen LogP) is 4.03. The molecule has 0 bridgehead atoms. The first kappa shape index (κ1) is 21.9. The number of benzene rings is 2. The molecule has 2 aromatic rings. The average molecular weight is 473 g/mol. The maximum Gasteiger partial charge on any atom is 0.410 e. The second-order valence-electron chi connectivity index (χ2n) is 9.88. The number of rotatable bonds is 3. The van der Waals surface area contributed by atoms with Gasteiger partial charge in [-0.25, -0.2) is 9.59 Å². The molecule has 0 spiro atoms. The van der Waals surface area contributed by atoms with E-state index in [0.29, 0.717) is 19.4 Å². The molecule has 7 nitrogen and oxygen atoms in total. The number of nitrogens with zero attached hydrogens (tertiary/aromatic N) is 2. The Morgan fingerprint density at radius 3 is 2.31 bits per heavy atom. The van der Waals surface area contributed by atoms with Crippen LogP contribution in [-0.2, 0) is 14.3 Å². The maximum absolute atomic E-state index is 13.7. The van der Waals surface area contributed by atoms with Gasteiger partial charge in [0.15, 0.2) is 0 Å². The van der Waals surface area contributed by atoms with Crippen molar-refractivity contribution in [1.82, 2.24) is 9.80 Å². The summed E-state index contributed by atoms with van der Waals surface area (Å²) in [6.07, 6.45) is 6.09. The summed E-state index contributed by atoms with van der Waals surface area (Å²) in [5, 5.41) is 9.68. The van der Waals surface area contributed by atoms with Crippen LogP contribution < -0.4 is 0 Å². The van der Waals surface area contributed by atoms with E-state index in [0.717, 1.165) is 35.1 Å². The number of carboxylic acids is 1. The van der Waals surface area contributed by atoms with Crippen molar-refractivity contribution in [3.63, 3.8) is 0 Å². The molecule has 0 radical (unpaired) electrons.